The molecule has 0 spiro atoms. The van der Waals surface area contributed by atoms with Crippen molar-refractivity contribution in [1.29, 1.82) is 0 Å². The summed E-state index contributed by atoms with van der Waals surface area (Å²) in [4.78, 5) is 24.9. The molecule has 2 amide bonds. The Labute approximate surface area is 223 Å². The highest BCUT2D eigenvalue weighted by molar-refractivity contribution is 7.99. The Morgan fingerprint density at radius 3 is 2.32 bits per heavy atom. The number of nitrogens with one attached hydrogen (secondary N) is 2. The lowest BCUT2D eigenvalue weighted by molar-refractivity contribution is -0.123. The molecule has 3 aromatic carbocycles. The van der Waals surface area contributed by atoms with Crippen molar-refractivity contribution in [3.63, 3.8) is 0 Å². The first kappa shape index (κ1) is 26.7. The molecule has 0 fully saturated rings. The Hall–Kier alpha value is -4.38. The predicted octanol–water partition coefficient (Wildman–Crippen LogP) is 4.23. The molecular weight excluding hydrogens is 509 g/mol. The van der Waals surface area contributed by atoms with E-state index in [1.165, 1.54) is 36.0 Å². The minimum Gasteiger partial charge on any atom is -0.494 e. The number of amides is 2. The minimum absolute atomic E-state index is 0.0455. The Kier molecular flexibility index (Phi) is 9.30. The van der Waals surface area contributed by atoms with Crippen LogP contribution in [0.4, 0.5) is 10.1 Å². The maximum atomic E-state index is 13.1. The van der Waals surface area contributed by atoms with Crippen molar-refractivity contribution in [2.45, 2.75) is 18.6 Å². The molecule has 0 radical (unpaired) electrons. The van der Waals surface area contributed by atoms with Crippen LogP contribution in [0.1, 0.15) is 12.7 Å². The van der Waals surface area contributed by atoms with Crippen LogP contribution < -0.4 is 20.1 Å². The summed E-state index contributed by atoms with van der Waals surface area (Å²) in [6, 6.07) is 21.9. The van der Waals surface area contributed by atoms with Gasteiger partial charge < -0.3 is 20.1 Å². The normalized spacial score (nSPS) is 10.6. The van der Waals surface area contributed by atoms with Crippen LogP contribution in [0.15, 0.2) is 84.0 Å². The average Bonchev–Trinajstić information content (AvgIpc) is 3.35. The Bertz CT molecular complexity index is 1350. The number of rotatable bonds is 12. The van der Waals surface area contributed by atoms with Gasteiger partial charge in [-0.2, -0.15) is 0 Å². The second kappa shape index (κ2) is 13.2. The first-order chi connectivity index (χ1) is 18.5. The van der Waals surface area contributed by atoms with E-state index >= 15 is 0 Å². The van der Waals surface area contributed by atoms with E-state index in [1.54, 1.807) is 16.7 Å². The fourth-order valence-corrected chi connectivity index (χ4v) is 4.15. The van der Waals surface area contributed by atoms with E-state index in [-0.39, 0.29) is 36.5 Å². The first-order valence-electron chi connectivity index (χ1n) is 11.8. The van der Waals surface area contributed by atoms with Crippen LogP contribution in [0.2, 0.25) is 0 Å². The summed E-state index contributed by atoms with van der Waals surface area (Å²) in [5.74, 6) is 0.849. The minimum atomic E-state index is -0.382. The molecule has 9 nitrogen and oxygen atoms in total. The second-order valence-corrected chi connectivity index (χ2v) is 8.83. The molecule has 0 saturated heterocycles. The second-order valence-electron chi connectivity index (χ2n) is 7.88. The molecule has 0 saturated carbocycles. The molecule has 0 unspecified atom stereocenters. The molecule has 0 aliphatic carbocycles. The lowest BCUT2D eigenvalue weighted by atomic mass is 10.3. The van der Waals surface area contributed by atoms with Gasteiger partial charge in [-0.1, -0.05) is 30.0 Å². The number of carbonyl (C=O) groups is 2. The summed E-state index contributed by atoms with van der Waals surface area (Å²) in [6.07, 6.45) is 0. The average molecular weight is 536 g/mol. The van der Waals surface area contributed by atoms with E-state index in [0.717, 1.165) is 5.69 Å². The highest BCUT2D eigenvalue weighted by atomic mass is 32.2. The van der Waals surface area contributed by atoms with Gasteiger partial charge in [-0.25, -0.2) is 4.39 Å². The van der Waals surface area contributed by atoms with Gasteiger partial charge in [0.1, 0.15) is 17.3 Å². The number of nitrogens with zero attached hydrogens (tertiary/aromatic N) is 3. The van der Waals surface area contributed by atoms with Gasteiger partial charge in [-0.3, -0.25) is 14.2 Å². The fraction of sp³-hybridized carbons (Fsp3) is 0.185. The van der Waals surface area contributed by atoms with Gasteiger partial charge in [-0.15, -0.1) is 10.2 Å². The molecule has 11 heteroatoms. The molecule has 1 heterocycles. The van der Waals surface area contributed by atoms with E-state index in [2.05, 4.69) is 20.8 Å². The Morgan fingerprint density at radius 1 is 0.895 bits per heavy atom. The monoisotopic (exact) mass is 535 g/mol. The van der Waals surface area contributed by atoms with E-state index in [4.69, 9.17) is 9.47 Å². The van der Waals surface area contributed by atoms with Crippen molar-refractivity contribution < 1.29 is 23.5 Å². The quantitative estimate of drug-likeness (QED) is 0.262. The van der Waals surface area contributed by atoms with Crippen molar-refractivity contribution in [2.75, 3.05) is 24.3 Å². The van der Waals surface area contributed by atoms with Gasteiger partial charge in [0.05, 0.1) is 18.9 Å². The molecule has 4 rings (SSSR count). The zero-order chi connectivity index (χ0) is 26.7. The number of anilines is 1. The maximum absolute atomic E-state index is 13.1. The number of para-hydroxylation sites is 1. The van der Waals surface area contributed by atoms with Crippen molar-refractivity contribution in [1.82, 2.24) is 20.1 Å². The van der Waals surface area contributed by atoms with E-state index in [0.29, 0.717) is 34.8 Å². The molecule has 0 aliphatic heterocycles. The molecular formula is C27H26FN5O4S. The zero-order valence-corrected chi connectivity index (χ0v) is 21.4. The fourth-order valence-electron chi connectivity index (χ4n) is 3.38. The molecule has 1 aromatic heterocycles. The SMILES string of the molecule is CCOc1ccc(-n2c(CNC(=O)COc3ccccc3)nnc2SCC(=O)Nc2ccc(F)cc2)cc1. The summed E-state index contributed by atoms with van der Waals surface area (Å²) in [6.45, 7) is 2.40. The topological polar surface area (TPSA) is 107 Å². The zero-order valence-electron chi connectivity index (χ0n) is 20.6. The van der Waals surface area contributed by atoms with Gasteiger partial charge in [0.15, 0.2) is 17.6 Å². The van der Waals surface area contributed by atoms with Crippen LogP contribution in [0.5, 0.6) is 11.5 Å². The third kappa shape index (κ3) is 7.56. The van der Waals surface area contributed by atoms with Crippen molar-refractivity contribution in [3.8, 4) is 17.2 Å². The Morgan fingerprint density at radius 2 is 1.61 bits per heavy atom. The third-order valence-electron chi connectivity index (χ3n) is 5.12. The van der Waals surface area contributed by atoms with Crippen LogP contribution in [-0.4, -0.2) is 45.5 Å². The standard InChI is InChI=1S/C27H26FN5O4S/c1-2-36-23-14-12-21(13-15-23)33-24(16-29-25(34)17-37-22-6-4-3-5-7-22)31-32-27(33)38-18-26(35)30-20-10-8-19(28)9-11-20/h3-15H,2,16-18H2,1H3,(H,29,34)(H,30,35). The van der Waals surface area contributed by atoms with Gasteiger partial charge >= 0.3 is 0 Å². The highest BCUT2D eigenvalue weighted by Gasteiger charge is 2.17. The highest BCUT2D eigenvalue weighted by Crippen LogP contribution is 2.24. The smallest absolute Gasteiger partial charge is 0.258 e. The van der Waals surface area contributed by atoms with Gasteiger partial charge in [0, 0.05) is 11.4 Å². The van der Waals surface area contributed by atoms with Crippen LogP contribution in [0.3, 0.4) is 0 Å². The molecule has 196 valence electrons. The van der Waals surface area contributed by atoms with Gasteiger partial charge in [0.2, 0.25) is 5.91 Å². The molecule has 4 aromatic rings. The Balaban J connectivity index is 1.44. The number of benzene rings is 3. The molecule has 38 heavy (non-hydrogen) atoms. The lowest BCUT2D eigenvalue weighted by Crippen LogP contribution is -2.29. The lowest BCUT2D eigenvalue weighted by Gasteiger charge is -2.12. The van der Waals surface area contributed by atoms with Crippen LogP contribution in [0, 0.1) is 5.82 Å². The largest absolute Gasteiger partial charge is 0.494 e. The molecule has 0 bridgehead atoms. The number of aromatic nitrogens is 3. The number of halogens is 1. The molecule has 0 aliphatic rings. The van der Waals surface area contributed by atoms with E-state index in [9.17, 15) is 14.0 Å². The molecule has 2 N–H and O–H groups in total. The van der Waals surface area contributed by atoms with Crippen molar-refractivity contribution in [2.24, 2.45) is 0 Å². The number of hydrogen-bond donors (Lipinski definition) is 2. The molecule has 0 atom stereocenters. The summed E-state index contributed by atoms with van der Waals surface area (Å²) < 4.78 is 25.9. The summed E-state index contributed by atoms with van der Waals surface area (Å²) in [7, 11) is 0. The maximum Gasteiger partial charge on any atom is 0.258 e. The van der Waals surface area contributed by atoms with E-state index < -0.39 is 0 Å². The summed E-state index contributed by atoms with van der Waals surface area (Å²) in [5.41, 5.74) is 1.23. The van der Waals surface area contributed by atoms with Crippen molar-refractivity contribution in [3.05, 3.63) is 90.5 Å². The van der Waals surface area contributed by atoms with Crippen molar-refractivity contribution >= 4 is 29.3 Å². The van der Waals surface area contributed by atoms with Gasteiger partial charge in [-0.05, 0) is 67.6 Å². The first-order valence-corrected chi connectivity index (χ1v) is 12.8. The van der Waals surface area contributed by atoms with Gasteiger partial charge in [0.25, 0.3) is 5.91 Å². The van der Waals surface area contributed by atoms with Crippen LogP contribution in [0.25, 0.3) is 5.69 Å². The predicted molar refractivity (Wildman–Crippen MR) is 142 cm³/mol. The number of ether oxygens (including phenoxy) is 2. The van der Waals surface area contributed by atoms with Crippen LogP contribution in [-0.2, 0) is 16.1 Å². The number of carbonyl (C=O) groups excluding carboxylic acids is 2. The van der Waals surface area contributed by atoms with E-state index in [1.807, 2.05) is 49.4 Å². The summed E-state index contributed by atoms with van der Waals surface area (Å²) >= 11 is 1.18. The third-order valence-corrected chi connectivity index (χ3v) is 6.05. The van der Waals surface area contributed by atoms with Crippen LogP contribution >= 0.6 is 11.8 Å². The number of hydrogen-bond acceptors (Lipinski definition) is 7. The summed E-state index contributed by atoms with van der Waals surface area (Å²) in [5, 5.41) is 14.5. The number of thioether (sulfide) groups is 1.